The quantitative estimate of drug-likeness (QED) is 0.00296. The number of aliphatic hydroxyl groups excluding tert-OH is 1. The molecule has 0 atom stereocenters. The second kappa shape index (κ2) is 54.3. The molecule has 1 aliphatic heterocycles. The van der Waals surface area contributed by atoms with E-state index in [1.165, 1.54) is 67.4 Å². The molecule has 50 heteroatoms. The van der Waals surface area contributed by atoms with Crippen molar-refractivity contribution in [1.82, 2.24) is 40.5 Å². The molecule has 3 aromatic heterocycles. The molecule has 3 aromatic carbocycles. The number of thioether (sulfide) groups is 1. The number of nitrogens with two attached hydrogens (primary N) is 1. The van der Waals surface area contributed by atoms with E-state index in [0.29, 0.717) is 36.7 Å². The number of hydrogen-bond donors (Lipinski definition) is 9. The minimum Gasteiger partial charge on any atom is -1.00 e. The van der Waals surface area contributed by atoms with Crippen LogP contribution in [0.3, 0.4) is 0 Å². The van der Waals surface area contributed by atoms with Gasteiger partial charge in [0.15, 0.2) is 5.03 Å². The first-order valence-corrected chi connectivity index (χ1v) is 40.0. The van der Waals surface area contributed by atoms with Crippen LogP contribution < -0.4 is 86.7 Å². The van der Waals surface area contributed by atoms with Crippen molar-refractivity contribution in [3.05, 3.63) is 138 Å². The second-order valence-electron chi connectivity index (χ2n) is 29.3. The molecule has 34 nitrogen and oxygen atoms in total. The van der Waals surface area contributed by atoms with Gasteiger partial charge < -0.3 is 77.9 Å². The van der Waals surface area contributed by atoms with Crippen molar-refractivity contribution in [2.45, 2.75) is 211 Å². The Hall–Kier alpha value is -9.83. The molecule has 10 rings (SSSR count). The molecule has 2 amide bonds. The van der Waals surface area contributed by atoms with Gasteiger partial charge in [-0.2, -0.15) is 33.4 Å². The van der Waals surface area contributed by atoms with E-state index >= 15 is 0 Å². The van der Waals surface area contributed by atoms with E-state index in [-0.39, 0.29) is 167 Å². The zero-order valence-corrected chi connectivity index (χ0v) is 73.1. The predicted octanol–water partition coefficient (Wildman–Crippen LogP) is 14.8. The number of alkyl carbamates (subject to hydrolysis) is 2. The van der Waals surface area contributed by atoms with Gasteiger partial charge in [-0.05, 0) is 167 Å². The van der Waals surface area contributed by atoms with Crippen LogP contribution in [0.5, 0.6) is 17.2 Å². The van der Waals surface area contributed by atoms with Gasteiger partial charge in [0.25, 0.3) is 0 Å². The van der Waals surface area contributed by atoms with Crippen molar-refractivity contribution in [1.29, 1.82) is 5.26 Å². The van der Waals surface area contributed by atoms with Crippen molar-refractivity contribution in [3.63, 3.8) is 0 Å². The number of rotatable bonds is 25. The summed E-state index contributed by atoms with van der Waals surface area (Å²) in [6, 6.07) is 17.1. The maximum atomic E-state index is 12.7. The van der Waals surface area contributed by atoms with E-state index < -0.39 is 75.1 Å². The smallest absolute Gasteiger partial charge is 1.00 e. The largest absolute Gasteiger partial charge is 1.00 e. The van der Waals surface area contributed by atoms with Crippen LogP contribution in [-0.4, -0.2) is 161 Å². The average molecular weight is 1860 g/mol. The number of aldehydes is 1. The number of aromatic nitrogens is 6. The number of carbonyl (C=O) groups is 3. The molecule has 4 fully saturated rings. The van der Waals surface area contributed by atoms with Crippen LogP contribution in [-0.2, 0) is 38.6 Å². The van der Waals surface area contributed by atoms with Gasteiger partial charge in [0.1, 0.15) is 52.4 Å². The first-order valence-electron chi connectivity index (χ1n) is 38.1. The summed E-state index contributed by atoms with van der Waals surface area (Å²) in [5.74, 6) is -0.147. The Morgan fingerprint density at radius 3 is 1.15 bits per heavy atom. The average Bonchev–Trinajstić information content (AvgIpc) is 1.32. The Bertz CT molecular complexity index is 4350. The molecule has 4 heterocycles. The maximum Gasteiger partial charge on any atom is 1.00 e. The Morgan fingerprint density at radius 2 is 0.864 bits per heavy atom. The molecule has 4 aliphatic rings. The fourth-order valence-corrected chi connectivity index (χ4v) is 12.1. The number of nitrogens with one attached hydrogen (secondary N) is 7. The first-order chi connectivity index (χ1) is 58.2. The number of anilines is 5. The number of thiocyanates is 1. The molecule has 10 N–H and O–H groups in total. The summed E-state index contributed by atoms with van der Waals surface area (Å²) in [6.45, 7) is 13.9. The number of para-hydroxylation sites is 3. The van der Waals surface area contributed by atoms with Gasteiger partial charge in [-0.25, -0.2) is 24.5 Å². The summed E-state index contributed by atoms with van der Waals surface area (Å²) in [5, 5.41) is 72.9. The minimum atomic E-state index is -4.85. The zero-order chi connectivity index (χ0) is 92.4. The molecule has 688 valence electrons. The molecule has 125 heavy (non-hydrogen) atoms. The second-order valence-corrected chi connectivity index (χ2v) is 30.8. The SMILES string of the molecule is C1CCOC1.CC(C)(C)OC(=O)NC1CCC(CNc2nc(NCc3ccccc3OC(F)(F)F)ncc2[N+](=O)[O-])CC1.CC(C)(C)OC(=O)NC1CCC(CO)CC1.ClCCl.N#CSc1nc(NCc2ccccc2OC(F)(F)F)ncc1[N+](=O)[O-].NC1CCC(CNc2nc(NCc3ccccc3OC(F)(F)F)ncc2[N+](=O)[O-])CC1.O=CC(F)(F)F.[H-].[Na+]. The fourth-order valence-electron chi connectivity index (χ4n) is 11.6. The van der Waals surface area contributed by atoms with Crippen molar-refractivity contribution in [2.24, 2.45) is 23.5 Å². The van der Waals surface area contributed by atoms with E-state index in [4.69, 9.17) is 58.3 Å². The summed E-state index contributed by atoms with van der Waals surface area (Å²) in [5.41, 5.74) is 4.45. The van der Waals surface area contributed by atoms with Gasteiger partial charge in [-0.1, -0.05) is 54.6 Å². The number of hydrogen-bond acceptors (Lipinski definition) is 30. The number of amides is 2. The molecular weight excluding hydrogens is 1760 g/mol. The van der Waals surface area contributed by atoms with Gasteiger partial charge in [0, 0.05) is 99.1 Å². The van der Waals surface area contributed by atoms with E-state index in [9.17, 15) is 92.6 Å². The summed E-state index contributed by atoms with van der Waals surface area (Å²) in [4.78, 5) is 87.5. The summed E-state index contributed by atoms with van der Waals surface area (Å²) >= 11 is 10.0. The van der Waals surface area contributed by atoms with Crippen molar-refractivity contribution in [3.8, 4) is 22.6 Å². The Morgan fingerprint density at radius 1 is 0.552 bits per heavy atom. The fraction of sp³-hybridized carbons (Fsp3) is 0.547. The van der Waals surface area contributed by atoms with E-state index in [2.05, 4.69) is 81.3 Å². The van der Waals surface area contributed by atoms with Gasteiger partial charge in [0.2, 0.25) is 35.8 Å². The van der Waals surface area contributed by atoms with Crippen LogP contribution in [0.15, 0.2) is 96.4 Å². The summed E-state index contributed by atoms with van der Waals surface area (Å²) in [6.07, 6.45) is -4.87. The Labute approximate surface area is 748 Å². The summed E-state index contributed by atoms with van der Waals surface area (Å²) in [7, 11) is 0. The van der Waals surface area contributed by atoms with Crippen LogP contribution in [0.4, 0.5) is 109 Å². The predicted molar refractivity (Wildman–Crippen MR) is 433 cm³/mol. The third-order valence-corrected chi connectivity index (χ3v) is 17.9. The van der Waals surface area contributed by atoms with Crippen LogP contribution >= 0.6 is 35.0 Å². The van der Waals surface area contributed by atoms with E-state index in [0.717, 1.165) is 115 Å². The number of ether oxygens (including phenoxy) is 6. The Balaban J connectivity index is 0.000000552. The number of nitriles is 1. The van der Waals surface area contributed by atoms with E-state index in [1.54, 1.807) is 38.3 Å². The standard InChI is InChI=1S/C24H31F3N6O5.C19H23F3N6O3.C13H8F3N5O3S.C12H23NO3.C4H8O.C2HF3O.CH2Cl2.Na.H/c1-23(2,3)38-22(34)31-17-10-8-15(9-11-17)12-28-20-18(33(35)36)14-30-21(32-20)29-13-16-6-4-5-7-19(16)37-24(25,26)27;20-19(21,22)31-16-4-2-1-3-13(16)10-25-18-26-11-15(28(29)30)17(27-18)24-9-12-5-7-14(23)8-6-12;14-13(15,16)24-10-4-2-1-3-8(10)5-18-12-19-6-9(21(22)23)11(20-12)25-7-17;1-12(2,3)16-11(15)13-10-6-4-9(8-14)5-7-10;1-2-4-5-3-1;3-2(4,5)1-6;2-1-3;;/h4-7,14-15,17H,8-13H2,1-3H3,(H,31,34)(H2,28,29,30,32);1-4,11-12,14H,5-10,23H2,(H2,24,25,26,27);1-4,6H,5H2,(H,18,19,20);9-10,14H,4-8H2,1-3H3,(H,13,15);1-4H2;1H;1H2;;/q;;;;;;;+1;-1. The van der Waals surface area contributed by atoms with Crippen molar-refractivity contribution >= 4 is 100.0 Å². The molecular formula is C75H97Cl2F12N18NaO16S. The Kier molecular flexibility index (Phi) is 47.5. The molecule has 0 unspecified atom stereocenters. The van der Waals surface area contributed by atoms with Gasteiger partial charge in [0.05, 0.1) is 20.1 Å². The zero-order valence-electron chi connectivity index (χ0n) is 69.8. The number of halogens is 14. The molecule has 0 radical (unpaired) electrons. The van der Waals surface area contributed by atoms with Crippen LogP contribution in [0.1, 0.15) is 150 Å². The third kappa shape index (κ3) is 46.8. The number of nitro groups is 3. The molecule has 1 saturated heterocycles. The molecule has 0 bridgehead atoms. The topological polar surface area (TPSA) is 468 Å². The minimum absolute atomic E-state index is 0. The van der Waals surface area contributed by atoms with Crippen LogP contribution in [0.2, 0.25) is 0 Å². The van der Waals surface area contributed by atoms with Gasteiger partial charge >= 0.3 is 84.1 Å². The maximum absolute atomic E-state index is 12.7. The number of alkyl halides is 14. The van der Waals surface area contributed by atoms with Crippen LogP contribution in [0.25, 0.3) is 0 Å². The monoisotopic (exact) mass is 1860 g/mol. The molecule has 3 saturated carbocycles. The number of benzene rings is 3. The summed E-state index contributed by atoms with van der Waals surface area (Å²) < 4.78 is 172. The molecule has 6 aromatic rings. The number of nitrogens with zero attached hydrogens (tertiary/aromatic N) is 10. The number of aliphatic hydroxyl groups is 1. The molecule has 3 aliphatic carbocycles. The van der Waals surface area contributed by atoms with Crippen LogP contribution in [0, 0.1) is 58.8 Å². The third-order valence-electron chi connectivity index (χ3n) is 17.3. The molecule has 0 spiro atoms. The first kappa shape index (κ1) is 109. The van der Waals surface area contributed by atoms with E-state index in [1.807, 2.05) is 20.8 Å². The van der Waals surface area contributed by atoms with Crippen molar-refractivity contribution in [2.75, 3.05) is 64.8 Å². The van der Waals surface area contributed by atoms with Gasteiger partial charge in [-0.3, -0.25) is 35.1 Å². The number of carbonyl (C=O) groups excluding carboxylic acids is 3. The van der Waals surface area contributed by atoms with Crippen molar-refractivity contribution < 1.29 is 146 Å². The van der Waals surface area contributed by atoms with Gasteiger partial charge in [-0.15, -0.1) is 62.7 Å². The normalized spacial score (nSPS) is 17.3.